The second-order valence-corrected chi connectivity index (χ2v) is 4.96. The minimum absolute atomic E-state index is 0.0994. The highest BCUT2D eigenvalue weighted by molar-refractivity contribution is 7.99. The van der Waals surface area contributed by atoms with E-state index in [1.165, 1.54) is 0 Å². The third kappa shape index (κ3) is 4.52. The topological polar surface area (TPSA) is 41.5 Å². The van der Waals surface area contributed by atoms with Gasteiger partial charge in [-0.1, -0.05) is 12.0 Å². The van der Waals surface area contributed by atoms with Crippen LogP contribution in [0.5, 0.6) is 11.5 Å². The molecule has 0 aliphatic heterocycles. The molecule has 0 saturated carbocycles. The first-order valence-electron chi connectivity index (χ1n) is 5.80. The molecule has 1 rings (SSSR count). The number of aromatic hydroxyl groups is 1. The smallest absolute Gasteiger partial charge is 0.124 e. The number of phenols is 1. The Morgan fingerprint density at radius 2 is 2.33 bits per heavy atom. The van der Waals surface area contributed by atoms with Gasteiger partial charge in [0.1, 0.15) is 11.5 Å². The molecule has 2 N–H and O–H groups in total. The van der Waals surface area contributed by atoms with Crippen LogP contribution in [-0.2, 0) is 0 Å². The number of thioether (sulfide) groups is 1. The molecule has 98 valence electrons. The first-order valence-corrected chi connectivity index (χ1v) is 6.96. The van der Waals surface area contributed by atoms with Gasteiger partial charge in [0.2, 0.25) is 0 Å². The largest absolute Gasteiger partial charge is 0.507 e. The molecule has 4 heteroatoms. The van der Waals surface area contributed by atoms with Crippen LogP contribution in [0.25, 0.3) is 0 Å². The van der Waals surface area contributed by atoms with Gasteiger partial charge in [-0.15, -0.1) is 18.2 Å². The molecule has 0 aromatic heterocycles. The van der Waals surface area contributed by atoms with Gasteiger partial charge in [0.25, 0.3) is 0 Å². The number of phenolic OH excluding ortho intramolecular Hbond substituents is 1. The lowest BCUT2D eigenvalue weighted by molar-refractivity contribution is 0.404. The summed E-state index contributed by atoms with van der Waals surface area (Å²) < 4.78 is 5.05. The molecule has 1 aromatic carbocycles. The van der Waals surface area contributed by atoms with Gasteiger partial charge in [0.05, 0.1) is 12.9 Å². The van der Waals surface area contributed by atoms with Crippen molar-refractivity contribution in [2.45, 2.75) is 13.0 Å². The monoisotopic (exact) mass is 265 g/mol. The lowest BCUT2D eigenvalue weighted by atomic mass is 10.1. The number of nitrogens with one attached hydrogen (secondary N) is 1. The van der Waals surface area contributed by atoms with Crippen molar-refractivity contribution in [3.05, 3.63) is 23.8 Å². The Hall–Kier alpha value is -1.31. The van der Waals surface area contributed by atoms with Crippen LogP contribution in [0, 0.1) is 12.3 Å². The van der Waals surface area contributed by atoms with Crippen LogP contribution in [0.3, 0.4) is 0 Å². The first kappa shape index (κ1) is 14.7. The third-order valence-electron chi connectivity index (χ3n) is 2.59. The van der Waals surface area contributed by atoms with E-state index in [1.807, 2.05) is 19.1 Å². The van der Waals surface area contributed by atoms with Gasteiger partial charge in [0, 0.05) is 30.0 Å². The summed E-state index contributed by atoms with van der Waals surface area (Å²) in [4.78, 5) is 0. The molecular weight excluding hydrogens is 246 g/mol. The highest BCUT2D eigenvalue weighted by Crippen LogP contribution is 2.28. The van der Waals surface area contributed by atoms with Gasteiger partial charge in [-0.3, -0.25) is 0 Å². The zero-order valence-electron chi connectivity index (χ0n) is 10.8. The van der Waals surface area contributed by atoms with Crippen molar-refractivity contribution < 1.29 is 9.84 Å². The number of benzene rings is 1. The maximum atomic E-state index is 9.88. The molecule has 0 radical (unpaired) electrons. The highest BCUT2D eigenvalue weighted by atomic mass is 32.2. The van der Waals surface area contributed by atoms with E-state index in [2.05, 4.69) is 11.2 Å². The summed E-state index contributed by atoms with van der Waals surface area (Å²) in [6.45, 7) is 2.88. The number of hydrogen-bond acceptors (Lipinski definition) is 4. The van der Waals surface area contributed by atoms with Crippen LogP contribution in [0.4, 0.5) is 0 Å². The van der Waals surface area contributed by atoms with Crippen molar-refractivity contribution in [2.75, 3.05) is 25.2 Å². The van der Waals surface area contributed by atoms with E-state index in [-0.39, 0.29) is 11.8 Å². The molecule has 3 nitrogen and oxygen atoms in total. The number of rotatable bonds is 7. The summed E-state index contributed by atoms with van der Waals surface area (Å²) in [5, 5.41) is 13.2. The molecule has 0 heterocycles. The number of terminal acetylenes is 1. The van der Waals surface area contributed by atoms with Crippen molar-refractivity contribution in [3.8, 4) is 23.8 Å². The van der Waals surface area contributed by atoms with E-state index < -0.39 is 0 Å². The molecule has 0 fully saturated rings. The predicted octanol–water partition coefficient (Wildman–Crippen LogP) is 2.42. The maximum absolute atomic E-state index is 9.88. The van der Waals surface area contributed by atoms with Crippen LogP contribution in [0.2, 0.25) is 0 Å². The normalized spacial score (nSPS) is 11.8. The highest BCUT2D eigenvalue weighted by Gasteiger charge is 2.10. The molecule has 0 bridgehead atoms. The van der Waals surface area contributed by atoms with Crippen LogP contribution >= 0.6 is 11.8 Å². The summed E-state index contributed by atoms with van der Waals surface area (Å²) in [5.41, 5.74) is 0.873. The van der Waals surface area contributed by atoms with Gasteiger partial charge in [-0.05, 0) is 13.0 Å². The summed E-state index contributed by atoms with van der Waals surface area (Å²) in [6.07, 6.45) is 5.17. The Morgan fingerprint density at radius 1 is 1.56 bits per heavy atom. The fourth-order valence-corrected chi connectivity index (χ4v) is 2.13. The zero-order chi connectivity index (χ0) is 13.4. The predicted molar refractivity (Wildman–Crippen MR) is 77.2 cm³/mol. The van der Waals surface area contributed by atoms with Crippen LogP contribution < -0.4 is 10.1 Å². The molecule has 0 aliphatic carbocycles. The fraction of sp³-hybridized carbons (Fsp3) is 0.429. The number of hydrogen-bond donors (Lipinski definition) is 2. The van der Waals surface area contributed by atoms with Gasteiger partial charge in [-0.25, -0.2) is 0 Å². The minimum Gasteiger partial charge on any atom is -0.507 e. The van der Waals surface area contributed by atoms with Crippen LogP contribution in [-0.4, -0.2) is 30.3 Å². The molecule has 0 saturated heterocycles. The van der Waals surface area contributed by atoms with Crippen molar-refractivity contribution in [2.24, 2.45) is 0 Å². The van der Waals surface area contributed by atoms with Crippen LogP contribution in [0.1, 0.15) is 18.5 Å². The molecule has 0 amide bonds. The molecule has 1 unspecified atom stereocenters. The Labute approximate surface area is 113 Å². The van der Waals surface area contributed by atoms with Gasteiger partial charge < -0.3 is 15.2 Å². The second-order valence-electron chi connectivity index (χ2n) is 3.86. The van der Waals surface area contributed by atoms with Crippen LogP contribution in [0.15, 0.2) is 18.2 Å². The Morgan fingerprint density at radius 3 is 2.94 bits per heavy atom. The Bertz CT molecular complexity index is 415. The summed E-state index contributed by atoms with van der Waals surface area (Å²) in [5.74, 6) is 5.21. The second kappa shape index (κ2) is 7.91. The minimum atomic E-state index is 0.0994. The van der Waals surface area contributed by atoms with E-state index in [0.29, 0.717) is 5.75 Å². The Kier molecular flexibility index (Phi) is 6.48. The first-order chi connectivity index (χ1) is 8.69. The number of ether oxygens (including phenoxy) is 1. The Balaban J connectivity index is 2.46. The number of methoxy groups -OCH3 is 1. The molecule has 0 aliphatic rings. The van der Waals surface area contributed by atoms with Crippen molar-refractivity contribution in [1.82, 2.24) is 5.32 Å². The molecule has 18 heavy (non-hydrogen) atoms. The summed E-state index contributed by atoms with van der Waals surface area (Å²) >= 11 is 1.72. The van der Waals surface area contributed by atoms with Crippen molar-refractivity contribution >= 4 is 11.8 Å². The lowest BCUT2D eigenvalue weighted by Crippen LogP contribution is -2.21. The van der Waals surface area contributed by atoms with E-state index in [9.17, 15) is 5.11 Å². The molecule has 1 atom stereocenters. The fourth-order valence-electron chi connectivity index (χ4n) is 1.61. The quantitative estimate of drug-likeness (QED) is 0.587. The van der Waals surface area contributed by atoms with Gasteiger partial charge in [0.15, 0.2) is 0 Å². The molecule has 1 aromatic rings. The van der Waals surface area contributed by atoms with Crippen molar-refractivity contribution in [1.29, 1.82) is 0 Å². The van der Waals surface area contributed by atoms with Gasteiger partial charge in [-0.2, -0.15) is 0 Å². The van der Waals surface area contributed by atoms with E-state index in [0.717, 1.165) is 23.6 Å². The maximum Gasteiger partial charge on any atom is 0.124 e. The van der Waals surface area contributed by atoms with Gasteiger partial charge >= 0.3 is 0 Å². The van der Waals surface area contributed by atoms with E-state index in [4.69, 9.17) is 11.2 Å². The lowest BCUT2D eigenvalue weighted by Gasteiger charge is -2.16. The van der Waals surface area contributed by atoms with E-state index in [1.54, 1.807) is 24.9 Å². The van der Waals surface area contributed by atoms with E-state index >= 15 is 0 Å². The summed E-state index contributed by atoms with van der Waals surface area (Å²) in [7, 11) is 1.58. The average molecular weight is 265 g/mol. The molecule has 0 spiro atoms. The SMILES string of the molecule is C#CCSCCNC(C)c1ccc(OC)cc1O. The standard InChI is InChI=1S/C14H19NO2S/c1-4-8-18-9-7-15-11(2)13-6-5-12(17-3)10-14(13)16/h1,5-6,10-11,15-16H,7-9H2,2-3H3. The third-order valence-corrected chi connectivity index (χ3v) is 3.45. The zero-order valence-corrected chi connectivity index (χ0v) is 11.6. The van der Waals surface area contributed by atoms with Crippen molar-refractivity contribution in [3.63, 3.8) is 0 Å². The average Bonchev–Trinajstić information content (AvgIpc) is 2.38. The molecular formula is C14H19NO2S. The summed E-state index contributed by atoms with van der Waals surface area (Å²) in [6, 6.07) is 5.45.